The van der Waals surface area contributed by atoms with Crippen LogP contribution in [0.1, 0.15) is 72.3 Å². The van der Waals surface area contributed by atoms with Gasteiger partial charge in [-0.25, -0.2) is 4.79 Å². The standard InChI is InChI=1S/C26H41N3O5/c1-6-7-13-21(16-30)27-24(31)22(14-18(2)3)28-25(32)23(15-19(4)5)29-26(33)34-17-20-11-9-8-10-12-20/h8-12,16,18-19,21-23H,6-7,13-15,17H2,1-5H3,(H,27,31)(H,28,32)(H,29,33)/t21-,22-,23+/m1/s1. The molecule has 0 spiro atoms. The first-order valence-corrected chi connectivity index (χ1v) is 12.2. The summed E-state index contributed by atoms with van der Waals surface area (Å²) in [7, 11) is 0. The predicted octanol–water partition coefficient (Wildman–Crippen LogP) is 3.73. The lowest BCUT2D eigenvalue weighted by molar-refractivity contribution is -0.131. The topological polar surface area (TPSA) is 114 Å². The van der Waals surface area contributed by atoms with Gasteiger partial charge >= 0.3 is 6.09 Å². The van der Waals surface area contributed by atoms with Gasteiger partial charge in [-0.1, -0.05) is 77.8 Å². The van der Waals surface area contributed by atoms with Crippen LogP contribution in [0.4, 0.5) is 4.79 Å². The number of unbranched alkanes of at least 4 members (excludes halogenated alkanes) is 1. The zero-order valence-corrected chi connectivity index (χ0v) is 21.1. The molecule has 1 rings (SSSR count). The van der Waals surface area contributed by atoms with Gasteiger partial charge in [0.2, 0.25) is 11.8 Å². The molecular formula is C26H41N3O5. The molecule has 0 fully saturated rings. The number of alkyl carbamates (subject to hydrolysis) is 1. The maximum absolute atomic E-state index is 13.1. The highest BCUT2D eigenvalue weighted by atomic mass is 16.5. The van der Waals surface area contributed by atoms with Gasteiger partial charge in [-0.3, -0.25) is 9.59 Å². The molecule has 8 heteroatoms. The van der Waals surface area contributed by atoms with Crippen molar-refractivity contribution in [2.75, 3.05) is 0 Å². The summed E-state index contributed by atoms with van der Waals surface area (Å²) in [4.78, 5) is 49.7. The van der Waals surface area contributed by atoms with Crippen LogP contribution in [0.3, 0.4) is 0 Å². The van der Waals surface area contributed by atoms with Crippen LogP contribution in [0, 0.1) is 11.8 Å². The second kappa shape index (κ2) is 15.9. The van der Waals surface area contributed by atoms with E-state index < -0.39 is 36.0 Å². The normalized spacial score (nSPS) is 13.6. The number of carbonyl (C=O) groups is 4. The smallest absolute Gasteiger partial charge is 0.408 e. The van der Waals surface area contributed by atoms with Crippen molar-refractivity contribution in [2.45, 2.75) is 91.5 Å². The molecule has 1 aromatic carbocycles. The van der Waals surface area contributed by atoms with Crippen molar-refractivity contribution in [3.63, 3.8) is 0 Å². The van der Waals surface area contributed by atoms with Gasteiger partial charge in [-0.05, 0) is 36.7 Å². The molecule has 0 aliphatic rings. The van der Waals surface area contributed by atoms with E-state index in [1.807, 2.05) is 65.0 Å². The number of rotatable bonds is 15. The third kappa shape index (κ3) is 11.8. The Morgan fingerprint density at radius 1 is 0.882 bits per heavy atom. The molecule has 0 aromatic heterocycles. The average Bonchev–Trinajstić information content (AvgIpc) is 2.79. The largest absolute Gasteiger partial charge is 0.445 e. The molecule has 8 nitrogen and oxygen atoms in total. The Kier molecular flexibility index (Phi) is 13.6. The molecule has 0 radical (unpaired) electrons. The van der Waals surface area contributed by atoms with Gasteiger partial charge in [-0.15, -0.1) is 0 Å². The Morgan fingerprint density at radius 2 is 1.44 bits per heavy atom. The van der Waals surface area contributed by atoms with Crippen LogP contribution in [0.5, 0.6) is 0 Å². The molecule has 0 unspecified atom stereocenters. The minimum atomic E-state index is -0.854. The molecular weight excluding hydrogens is 434 g/mol. The third-order valence-corrected chi connectivity index (χ3v) is 5.23. The van der Waals surface area contributed by atoms with E-state index in [9.17, 15) is 19.2 Å². The van der Waals surface area contributed by atoms with Gasteiger partial charge in [0.1, 0.15) is 25.0 Å². The molecule has 34 heavy (non-hydrogen) atoms. The van der Waals surface area contributed by atoms with Crippen molar-refractivity contribution in [3.05, 3.63) is 35.9 Å². The van der Waals surface area contributed by atoms with E-state index in [-0.39, 0.29) is 18.4 Å². The fourth-order valence-electron chi connectivity index (χ4n) is 3.47. The van der Waals surface area contributed by atoms with Gasteiger partial charge in [-0.2, -0.15) is 0 Å². The summed E-state index contributed by atoms with van der Waals surface area (Å²) >= 11 is 0. The minimum absolute atomic E-state index is 0.0892. The SMILES string of the molecule is CCCC[C@H](C=O)NC(=O)[C@@H](CC(C)C)NC(=O)[C@H](CC(C)C)NC(=O)OCc1ccccc1. The number of carbonyl (C=O) groups excluding carboxylic acids is 4. The molecule has 0 aliphatic carbocycles. The van der Waals surface area contributed by atoms with Gasteiger partial charge in [0.25, 0.3) is 0 Å². The Balaban J connectivity index is 2.82. The number of hydrogen-bond acceptors (Lipinski definition) is 5. The average molecular weight is 476 g/mol. The maximum Gasteiger partial charge on any atom is 0.408 e. The van der Waals surface area contributed by atoms with E-state index in [0.717, 1.165) is 24.7 Å². The quantitative estimate of drug-likeness (QED) is 0.335. The van der Waals surface area contributed by atoms with Crippen molar-refractivity contribution in [3.8, 4) is 0 Å². The van der Waals surface area contributed by atoms with Crippen LogP contribution >= 0.6 is 0 Å². The summed E-state index contributed by atoms with van der Waals surface area (Å²) in [6, 6.07) is 7.00. The van der Waals surface area contributed by atoms with Gasteiger partial charge < -0.3 is 25.5 Å². The van der Waals surface area contributed by atoms with E-state index in [0.29, 0.717) is 19.3 Å². The Labute approximate surface area is 203 Å². The van der Waals surface area contributed by atoms with Crippen LogP contribution in [-0.4, -0.2) is 42.3 Å². The molecule has 190 valence electrons. The first-order valence-electron chi connectivity index (χ1n) is 12.2. The Hall–Kier alpha value is -2.90. The van der Waals surface area contributed by atoms with Crippen LogP contribution < -0.4 is 16.0 Å². The summed E-state index contributed by atoms with van der Waals surface area (Å²) in [5.41, 5.74) is 0.837. The van der Waals surface area contributed by atoms with Gasteiger partial charge in [0, 0.05) is 0 Å². The molecule has 0 heterocycles. The molecule has 0 bridgehead atoms. The number of benzene rings is 1. The fraction of sp³-hybridized carbons (Fsp3) is 0.615. The van der Waals surface area contributed by atoms with E-state index in [1.165, 1.54) is 0 Å². The second-order valence-electron chi connectivity index (χ2n) is 9.47. The summed E-state index contributed by atoms with van der Waals surface area (Å²) in [5, 5.41) is 8.15. The first kappa shape index (κ1) is 29.1. The monoisotopic (exact) mass is 475 g/mol. The summed E-state index contributed by atoms with van der Waals surface area (Å²) in [6.07, 6.45) is 3.10. The highest BCUT2D eigenvalue weighted by Gasteiger charge is 2.29. The van der Waals surface area contributed by atoms with Crippen LogP contribution in [-0.2, 0) is 25.7 Å². The third-order valence-electron chi connectivity index (χ3n) is 5.23. The zero-order chi connectivity index (χ0) is 25.5. The Bertz CT molecular complexity index is 767. The second-order valence-corrected chi connectivity index (χ2v) is 9.47. The molecule has 0 saturated carbocycles. The number of amides is 3. The Morgan fingerprint density at radius 3 is 1.97 bits per heavy atom. The molecule has 0 saturated heterocycles. The van der Waals surface area contributed by atoms with E-state index in [1.54, 1.807) is 0 Å². The number of hydrogen-bond donors (Lipinski definition) is 3. The van der Waals surface area contributed by atoms with Gasteiger partial charge in [0.15, 0.2) is 0 Å². The molecule has 3 N–H and O–H groups in total. The van der Waals surface area contributed by atoms with Crippen molar-refractivity contribution < 1.29 is 23.9 Å². The first-order chi connectivity index (χ1) is 16.2. The number of ether oxygens (including phenoxy) is 1. The van der Waals surface area contributed by atoms with Crippen molar-refractivity contribution >= 4 is 24.2 Å². The highest BCUT2D eigenvalue weighted by Crippen LogP contribution is 2.10. The lowest BCUT2D eigenvalue weighted by atomic mass is 10.00. The van der Waals surface area contributed by atoms with Crippen molar-refractivity contribution in [1.82, 2.24) is 16.0 Å². The lowest BCUT2D eigenvalue weighted by Crippen LogP contribution is -2.55. The highest BCUT2D eigenvalue weighted by molar-refractivity contribution is 5.92. The van der Waals surface area contributed by atoms with E-state index >= 15 is 0 Å². The van der Waals surface area contributed by atoms with Crippen molar-refractivity contribution in [2.24, 2.45) is 11.8 Å². The predicted molar refractivity (Wildman–Crippen MR) is 132 cm³/mol. The maximum atomic E-state index is 13.1. The number of nitrogens with one attached hydrogen (secondary N) is 3. The fourth-order valence-corrected chi connectivity index (χ4v) is 3.47. The molecule has 1 aromatic rings. The van der Waals surface area contributed by atoms with E-state index in [4.69, 9.17) is 4.74 Å². The van der Waals surface area contributed by atoms with Crippen LogP contribution in [0.2, 0.25) is 0 Å². The van der Waals surface area contributed by atoms with E-state index in [2.05, 4.69) is 16.0 Å². The summed E-state index contributed by atoms with van der Waals surface area (Å²) in [5.74, 6) is -0.600. The van der Waals surface area contributed by atoms with Crippen LogP contribution in [0.15, 0.2) is 30.3 Å². The van der Waals surface area contributed by atoms with Gasteiger partial charge in [0.05, 0.1) is 6.04 Å². The molecule has 3 amide bonds. The number of aldehydes is 1. The lowest BCUT2D eigenvalue weighted by Gasteiger charge is -2.26. The van der Waals surface area contributed by atoms with Crippen LogP contribution in [0.25, 0.3) is 0 Å². The zero-order valence-electron chi connectivity index (χ0n) is 21.1. The molecule has 0 aliphatic heterocycles. The van der Waals surface area contributed by atoms with Crippen molar-refractivity contribution in [1.29, 1.82) is 0 Å². The molecule has 3 atom stereocenters. The summed E-state index contributed by atoms with van der Waals surface area (Å²) < 4.78 is 5.26. The minimum Gasteiger partial charge on any atom is -0.445 e. The summed E-state index contributed by atoms with van der Waals surface area (Å²) in [6.45, 7) is 9.89.